The topological polar surface area (TPSA) is 41.5 Å². The first-order valence-corrected chi connectivity index (χ1v) is 4.73. The van der Waals surface area contributed by atoms with Gasteiger partial charge < -0.3 is 0 Å². The van der Waals surface area contributed by atoms with E-state index in [9.17, 15) is 9.18 Å². The summed E-state index contributed by atoms with van der Waals surface area (Å²) in [6.45, 7) is 0. The summed E-state index contributed by atoms with van der Waals surface area (Å²) in [5, 5.41) is 3.61. The van der Waals surface area contributed by atoms with Gasteiger partial charge in [0.2, 0.25) is 5.91 Å². The molecule has 1 amide bonds. The molecule has 0 aromatic rings. The predicted molar refractivity (Wildman–Crippen MR) is 47.0 cm³/mol. The molecule has 3 nitrogen and oxygen atoms in total. The molecule has 0 heterocycles. The third kappa shape index (κ3) is 2.05. The molecule has 0 radical (unpaired) electrons. The summed E-state index contributed by atoms with van der Waals surface area (Å²) in [5.41, 5.74) is 1.16. The standard InChI is InChI=1S/C9H13FN2O/c10-9(4-5-9)6-11-12-8(13)7-2-1-3-7/h6-7H,1-5H2,(H,12,13)/b11-6+. The second-order valence-corrected chi connectivity index (χ2v) is 3.90. The largest absolute Gasteiger partial charge is 0.273 e. The van der Waals surface area contributed by atoms with Crippen molar-refractivity contribution in [2.45, 2.75) is 37.8 Å². The molecule has 72 valence electrons. The van der Waals surface area contributed by atoms with Gasteiger partial charge in [-0.2, -0.15) is 5.10 Å². The fourth-order valence-corrected chi connectivity index (χ4v) is 1.22. The van der Waals surface area contributed by atoms with Crippen LogP contribution in [0.4, 0.5) is 4.39 Å². The van der Waals surface area contributed by atoms with Crippen LogP contribution in [0.1, 0.15) is 32.1 Å². The van der Waals surface area contributed by atoms with Gasteiger partial charge in [0.15, 0.2) is 0 Å². The van der Waals surface area contributed by atoms with E-state index >= 15 is 0 Å². The lowest BCUT2D eigenvalue weighted by atomic mass is 9.85. The summed E-state index contributed by atoms with van der Waals surface area (Å²) in [5.74, 6) is 0.0543. The summed E-state index contributed by atoms with van der Waals surface area (Å²) in [6.07, 6.45) is 5.30. The number of carbonyl (C=O) groups excluding carboxylic acids is 1. The molecule has 13 heavy (non-hydrogen) atoms. The number of nitrogens with one attached hydrogen (secondary N) is 1. The van der Waals surface area contributed by atoms with Crippen molar-refractivity contribution in [2.75, 3.05) is 0 Å². The predicted octanol–water partition coefficient (Wildman–Crippen LogP) is 1.39. The van der Waals surface area contributed by atoms with E-state index in [0.29, 0.717) is 12.8 Å². The Balaban J connectivity index is 1.72. The van der Waals surface area contributed by atoms with Crippen molar-refractivity contribution in [3.05, 3.63) is 0 Å². The van der Waals surface area contributed by atoms with Gasteiger partial charge in [0.1, 0.15) is 5.67 Å². The molecule has 0 unspecified atom stereocenters. The van der Waals surface area contributed by atoms with Gasteiger partial charge >= 0.3 is 0 Å². The molecule has 2 aliphatic carbocycles. The van der Waals surface area contributed by atoms with E-state index < -0.39 is 5.67 Å². The lowest BCUT2D eigenvalue weighted by Crippen LogP contribution is -2.31. The van der Waals surface area contributed by atoms with E-state index in [2.05, 4.69) is 10.5 Å². The van der Waals surface area contributed by atoms with Crippen LogP contribution in [0.2, 0.25) is 0 Å². The minimum atomic E-state index is -1.22. The quantitative estimate of drug-likeness (QED) is 0.522. The second-order valence-electron chi connectivity index (χ2n) is 3.90. The van der Waals surface area contributed by atoms with Crippen LogP contribution in [-0.2, 0) is 4.79 Å². The molecule has 2 saturated carbocycles. The monoisotopic (exact) mass is 184 g/mol. The molecule has 2 rings (SSSR count). The minimum absolute atomic E-state index is 0.0632. The zero-order valence-corrected chi connectivity index (χ0v) is 7.42. The van der Waals surface area contributed by atoms with Gasteiger partial charge in [0, 0.05) is 5.92 Å². The molecule has 1 N–H and O–H groups in total. The number of amides is 1. The van der Waals surface area contributed by atoms with E-state index in [1.807, 2.05) is 0 Å². The maximum atomic E-state index is 12.9. The highest BCUT2D eigenvalue weighted by molar-refractivity contribution is 5.81. The Morgan fingerprint density at radius 1 is 1.54 bits per heavy atom. The number of hydrogen-bond donors (Lipinski definition) is 1. The van der Waals surface area contributed by atoms with Crippen LogP contribution in [0.5, 0.6) is 0 Å². The van der Waals surface area contributed by atoms with Crippen LogP contribution in [0.3, 0.4) is 0 Å². The molecule has 0 aromatic carbocycles. The maximum absolute atomic E-state index is 12.9. The third-order valence-corrected chi connectivity index (χ3v) is 2.67. The lowest BCUT2D eigenvalue weighted by molar-refractivity contribution is -0.127. The second kappa shape index (κ2) is 3.09. The van der Waals surface area contributed by atoms with Crippen molar-refractivity contribution in [1.82, 2.24) is 5.43 Å². The number of hydrogen-bond acceptors (Lipinski definition) is 2. The van der Waals surface area contributed by atoms with Crippen LogP contribution in [0, 0.1) is 5.92 Å². The average molecular weight is 184 g/mol. The molecule has 0 saturated heterocycles. The van der Waals surface area contributed by atoms with Gasteiger partial charge in [-0.15, -0.1) is 0 Å². The highest BCUT2D eigenvalue weighted by Gasteiger charge is 2.41. The summed E-state index contributed by atoms with van der Waals surface area (Å²) in [4.78, 5) is 11.2. The Bertz CT molecular complexity index is 244. The highest BCUT2D eigenvalue weighted by Crippen LogP contribution is 2.37. The maximum Gasteiger partial charge on any atom is 0.243 e. The fourth-order valence-electron chi connectivity index (χ4n) is 1.22. The minimum Gasteiger partial charge on any atom is -0.273 e. The molecule has 2 aliphatic rings. The van der Waals surface area contributed by atoms with Crippen LogP contribution in [0.25, 0.3) is 0 Å². The Kier molecular flexibility index (Phi) is 2.06. The van der Waals surface area contributed by atoms with Gasteiger partial charge in [0.25, 0.3) is 0 Å². The SMILES string of the molecule is O=C(N/N=C/C1(F)CC1)C1CCC1. The van der Waals surface area contributed by atoms with E-state index in [1.165, 1.54) is 6.21 Å². The van der Waals surface area contributed by atoms with Gasteiger partial charge in [-0.1, -0.05) is 6.42 Å². The molecule has 0 spiro atoms. The zero-order chi connectivity index (χ0) is 9.31. The smallest absolute Gasteiger partial charge is 0.243 e. The molecule has 0 aromatic heterocycles. The Hall–Kier alpha value is -0.930. The average Bonchev–Trinajstić information content (AvgIpc) is 2.64. The van der Waals surface area contributed by atoms with Gasteiger partial charge in [-0.3, -0.25) is 4.79 Å². The first-order chi connectivity index (χ1) is 6.20. The first-order valence-electron chi connectivity index (χ1n) is 4.73. The normalized spacial score (nSPS) is 25.6. The van der Waals surface area contributed by atoms with Crippen LogP contribution in [0.15, 0.2) is 5.10 Å². The van der Waals surface area contributed by atoms with Crippen LogP contribution >= 0.6 is 0 Å². The number of hydrazone groups is 1. The fraction of sp³-hybridized carbons (Fsp3) is 0.778. The van der Waals surface area contributed by atoms with Crippen molar-refractivity contribution in [3.63, 3.8) is 0 Å². The highest BCUT2D eigenvalue weighted by atomic mass is 19.1. The molecule has 0 atom stereocenters. The third-order valence-electron chi connectivity index (χ3n) is 2.67. The summed E-state index contributed by atoms with van der Waals surface area (Å²) >= 11 is 0. The van der Waals surface area contributed by atoms with Crippen LogP contribution in [-0.4, -0.2) is 17.8 Å². The first kappa shape index (κ1) is 8.66. The van der Waals surface area contributed by atoms with Crippen molar-refractivity contribution < 1.29 is 9.18 Å². The Morgan fingerprint density at radius 2 is 2.23 bits per heavy atom. The lowest BCUT2D eigenvalue weighted by Gasteiger charge is -2.22. The number of carbonyl (C=O) groups is 1. The summed E-state index contributed by atoms with van der Waals surface area (Å²) < 4.78 is 12.9. The van der Waals surface area contributed by atoms with Gasteiger partial charge in [-0.25, -0.2) is 9.82 Å². The number of alkyl halides is 1. The molecule has 4 heteroatoms. The van der Waals surface area contributed by atoms with E-state index in [4.69, 9.17) is 0 Å². The summed E-state index contributed by atoms with van der Waals surface area (Å²) in [6, 6.07) is 0. The van der Waals surface area contributed by atoms with E-state index in [-0.39, 0.29) is 11.8 Å². The van der Waals surface area contributed by atoms with Gasteiger partial charge in [-0.05, 0) is 25.7 Å². The Morgan fingerprint density at radius 3 is 2.69 bits per heavy atom. The number of nitrogens with zero attached hydrogens (tertiary/aromatic N) is 1. The molecular weight excluding hydrogens is 171 g/mol. The molecule has 0 bridgehead atoms. The van der Waals surface area contributed by atoms with E-state index in [1.54, 1.807) is 0 Å². The number of rotatable bonds is 3. The zero-order valence-electron chi connectivity index (χ0n) is 7.42. The van der Waals surface area contributed by atoms with Crippen LogP contribution < -0.4 is 5.43 Å². The number of halogens is 1. The van der Waals surface area contributed by atoms with Crippen molar-refractivity contribution in [1.29, 1.82) is 0 Å². The molecule has 0 aliphatic heterocycles. The van der Waals surface area contributed by atoms with E-state index in [0.717, 1.165) is 19.3 Å². The van der Waals surface area contributed by atoms with Crippen molar-refractivity contribution in [2.24, 2.45) is 11.0 Å². The van der Waals surface area contributed by atoms with Crippen molar-refractivity contribution in [3.8, 4) is 0 Å². The molecular formula is C9H13FN2O. The summed E-state index contributed by atoms with van der Waals surface area (Å²) in [7, 11) is 0. The van der Waals surface area contributed by atoms with Crippen molar-refractivity contribution >= 4 is 12.1 Å². The van der Waals surface area contributed by atoms with Gasteiger partial charge in [0.05, 0.1) is 6.21 Å². The Labute approximate surface area is 76.4 Å². The molecule has 2 fully saturated rings.